The van der Waals surface area contributed by atoms with Gasteiger partial charge in [0.05, 0.1) is 25.9 Å². The highest BCUT2D eigenvalue weighted by Gasteiger charge is 2.25. The molecule has 0 bridgehead atoms. The van der Waals surface area contributed by atoms with Gasteiger partial charge in [0.1, 0.15) is 5.82 Å². The molecule has 1 heterocycles. The number of hydrogen-bond donors (Lipinski definition) is 2. The standard InChI is InChI=1S/C15H23FN2O2/c1-2-6-17-9-13-14(16)4-3-5-15(13)18-7-8-20-11-12(18)10-19/h3-5,12,17,19H,2,6-11H2,1H3. The molecule has 1 aromatic carbocycles. The van der Waals surface area contributed by atoms with E-state index in [1.54, 1.807) is 6.07 Å². The molecule has 1 saturated heterocycles. The number of morpholine rings is 1. The summed E-state index contributed by atoms with van der Waals surface area (Å²) in [4.78, 5) is 2.05. The van der Waals surface area contributed by atoms with E-state index in [0.717, 1.165) is 18.7 Å². The first-order valence-corrected chi connectivity index (χ1v) is 7.21. The second kappa shape index (κ2) is 7.57. The van der Waals surface area contributed by atoms with E-state index in [2.05, 4.69) is 17.1 Å². The van der Waals surface area contributed by atoms with E-state index >= 15 is 0 Å². The summed E-state index contributed by atoms with van der Waals surface area (Å²) in [6.07, 6.45) is 1.01. The number of halogens is 1. The van der Waals surface area contributed by atoms with E-state index in [9.17, 15) is 9.50 Å². The average Bonchev–Trinajstić information content (AvgIpc) is 2.49. The zero-order valence-electron chi connectivity index (χ0n) is 11.9. The van der Waals surface area contributed by atoms with Crippen LogP contribution >= 0.6 is 0 Å². The molecule has 2 N–H and O–H groups in total. The molecular formula is C15H23FN2O2. The van der Waals surface area contributed by atoms with Crippen LogP contribution < -0.4 is 10.2 Å². The normalized spacial score (nSPS) is 19.4. The summed E-state index contributed by atoms with van der Waals surface area (Å²) >= 11 is 0. The lowest BCUT2D eigenvalue weighted by molar-refractivity contribution is 0.0726. The molecule has 2 rings (SSSR count). The number of nitrogens with zero attached hydrogens (tertiary/aromatic N) is 1. The Bertz CT molecular complexity index is 428. The number of aliphatic hydroxyl groups excluding tert-OH is 1. The van der Waals surface area contributed by atoms with Crippen molar-refractivity contribution in [3.8, 4) is 0 Å². The fourth-order valence-corrected chi connectivity index (χ4v) is 2.50. The summed E-state index contributed by atoms with van der Waals surface area (Å²) < 4.78 is 19.5. The number of nitrogens with one attached hydrogen (secondary N) is 1. The second-order valence-corrected chi connectivity index (χ2v) is 5.02. The van der Waals surface area contributed by atoms with Crippen molar-refractivity contribution < 1.29 is 14.2 Å². The molecule has 0 radical (unpaired) electrons. The molecule has 0 saturated carbocycles. The largest absolute Gasteiger partial charge is 0.394 e. The Morgan fingerprint density at radius 2 is 2.35 bits per heavy atom. The number of ether oxygens (including phenoxy) is 1. The van der Waals surface area contributed by atoms with Gasteiger partial charge < -0.3 is 20.1 Å². The van der Waals surface area contributed by atoms with Crippen LogP contribution in [0.15, 0.2) is 18.2 Å². The third-order valence-corrected chi connectivity index (χ3v) is 3.57. The lowest BCUT2D eigenvalue weighted by atomic mass is 10.1. The van der Waals surface area contributed by atoms with Crippen LogP contribution in [-0.4, -0.2) is 44.1 Å². The van der Waals surface area contributed by atoms with Gasteiger partial charge in [-0.1, -0.05) is 13.0 Å². The van der Waals surface area contributed by atoms with Crippen molar-refractivity contribution in [2.45, 2.75) is 25.9 Å². The van der Waals surface area contributed by atoms with Gasteiger partial charge in [-0.25, -0.2) is 4.39 Å². The van der Waals surface area contributed by atoms with Gasteiger partial charge in [0.15, 0.2) is 0 Å². The van der Waals surface area contributed by atoms with Gasteiger partial charge in [0, 0.05) is 24.3 Å². The second-order valence-electron chi connectivity index (χ2n) is 5.02. The average molecular weight is 282 g/mol. The van der Waals surface area contributed by atoms with Crippen LogP contribution in [0.2, 0.25) is 0 Å². The van der Waals surface area contributed by atoms with Crippen molar-refractivity contribution in [1.82, 2.24) is 5.32 Å². The summed E-state index contributed by atoms with van der Waals surface area (Å²) in [5.41, 5.74) is 1.53. The molecule has 1 fully saturated rings. The first-order chi connectivity index (χ1) is 9.77. The van der Waals surface area contributed by atoms with Crippen molar-refractivity contribution in [3.05, 3.63) is 29.6 Å². The van der Waals surface area contributed by atoms with Crippen molar-refractivity contribution in [3.63, 3.8) is 0 Å². The molecule has 112 valence electrons. The topological polar surface area (TPSA) is 44.7 Å². The van der Waals surface area contributed by atoms with E-state index in [4.69, 9.17) is 4.74 Å². The first-order valence-electron chi connectivity index (χ1n) is 7.21. The predicted octanol–water partition coefficient (Wildman–Crippen LogP) is 1.52. The van der Waals surface area contributed by atoms with Crippen LogP contribution in [-0.2, 0) is 11.3 Å². The molecular weight excluding hydrogens is 259 g/mol. The summed E-state index contributed by atoms with van der Waals surface area (Å²) in [6.45, 7) is 5.22. The maximum Gasteiger partial charge on any atom is 0.129 e. The molecule has 0 spiro atoms. The highest BCUT2D eigenvalue weighted by Crippen LogP contribution is 2.26. The lowest BCUT2D eigenvalue weighted by Crippen LogP contribution is -2.48. The monoisotopic (exact) mass is 282 g/mol. The van der Waals surface area contributed by atoms with Gasteiger partial charge in [-0.2, -0.15) is 0 Å². The Labute approximate surface area is 119 Å². The minimum absolute atomic E-state index is 0.0122. The molecule has 0 aromatic heterocycles. The molecule has 0 amide bonds. The van der Waals surface area contributed by atoms with E-state index in [-0.39, 0.29) is 18.5 Å². The van der Waals surface area contributed by atoms with E-state index < -0.39 is 0 Å². The van der Waals surface area contributed by atoms with Crippen LogP contribution in [0.5, 0.6) is 0 Å². The van der Waals surface area contributed by atoms with Gasteiger partial charge >= 0.3 is 0 Å². The van der Waals surface area contributed by atoms with Gasteiger partial charge in [0.2, 0.25) is 0 Å². The Balaban J connectivity index is 2.22. The lowest BCUT2D eigenvalue weighted by Gasteiger charge is -2.37. The number of hydrogen-bond acceptors (Lipinski definition) is 4. The van der Waals surface area contributed by atoms with Crippen molar-refractivity contribution in [2.75, 3.05) is 37.8 Å². The molecule has 1 aliphatic rings. The van der Waals surface area contributed by atoms with Crippen LogP contribution in [0, 0.1) is 5.82 Å². The van der Waals surface area contributed by atoms with Crippen molar-refractivity contribution in [1.29, 1.82) is 0 Å². The fourth-order valence-electron chi connectivity index (χ4n) is 2.50. The van der Waals surface area contributed by atoms with Crippen LogP contribution in [0.1, 0.15) is 18.9 Å². The van der Waals surface area contributed by atoms with Crippen LogP contribution in [0.3, 0.4) is 0 Å². The third kappa shape index (κ3) is 3.48. The van der Waals surface area contributed by atoms with Crippen LogP contribution in [0.25, 0.3) is 0 Å². The quantitative estimate of drug-likeness (QED) is 0.777. The summed E-state index contributed by atoms with van der Waals surface area (Å²) in [5.74, 6) is -0.200. The maximum absolute atomic E-state index is 14.1. The first kappa shape index (κ1) is 15.2. The fraction of sp³-hybridized carbons (Fsp3) is 0.600. The van der Waals surface area contributed by atoms with E-state index in [1.807, 2.05) is 6.07 Å². The molecule has 1 atom stereocenters. The molecule has 0 aliphatic carbocycles. The zero-order chi connectivity index (χ0) is 14.4. The predicted molar refractivity (Wildman–Crippen MR) is 77.4 cm³/mol. The maximum atomic E-state index is 14.1. The molecule has 1 aromatic rings. The molecule has 1 aliphatic heterocycles. The SMILES string of the molecule is CCCNCc1c(F)cccc1N1CCOCC1CO. The summed E-state index contributed by atoms with van der Waals surface area (Å²) in [5, 5.41) is 12.7. The minimum Gasteiger partial charge on any atom is -0.394 e. The van der Waals surface area contributed by atoms with Crippen molar-refractivity contribution in [2.24, 2.45) is 0 Å². The molecule has 1 unspecified atom stereocenters. The number of benzene rings is 1. The Morgan fingerprint density at radius 1 is 1.50 bits per heavy atom. The van der Waals surface area contributed by atoms with E-state index in [0.29, 0.717) is 31.9 Å². The van der Waals surface area contributed by atoms with Gasteiger partial charge in [-0.3, -0.25) is 0 Å². The Hall–Kier alpha value is -1.17. The minimum atomic E-state index is -0.200. The highest BCUT2D eigenvalue weighted by atomic mass is 19.1. The number of aliphatic hydroxyl groups is 1. The Morgan fingerprint density at radius 3 is 3.10 bits per heavy atom. The molecule has 5 heteroatoms. The van der Waals surface area contributed by atoms with Crippen molar-refractivity contribution >= 4 is 5.69 Å². The van der Waals surface area contributed by atoms with Gasteiger partial charge in [-0.15, -0.1) is 0 Å². The smallest absolute Gasteiger partial charge is 0.129 e. The summed E-state index contributed by atoms with van der Waals surface area (Å²) in [7, 11) is 0. The molecule has 4 nitrogen and oxygen atoms in total. The highest BCUT2D eigenvalue weighted by molar-refractivity contribution is 5.55. The van der Waals surface area contributed by atoms with Gasteiger partial charge in [0.25, 0.3) is 0 Å². The van der Waals surface area contributed by atoms with Gasteiger partial charge in [-0.05, 0) is 25.1 Å². The third-order valence-electron chi connectivity index (χ3n) is 3.57. The molecule has 20 heavy (non-hydrogen) atoms. The Kier molecular flexibility index (Phi) is 5.76. The van der Waals surface area contributed by atoms with E-state index in [1.165, 1.54) is 6.07 Å². The number of anilines is 1. The summed E-state index contributed by atoms with van der Waals surface area (Å²) in [6, 6.07) is 5.02. The number of rotatable bonds is 6. The van der Waals surface area contributed by atoms with Crippen LogP contribution in [0.4, 0.5) is 10.1 Å². The zero-order valence-corrected chi connectivity index (χ0v) is 11.9.